The number of amides is 1. The highest BCUT2D eigenvalue weighted by Gasteiger charge is 2.42. The van der Waals surface area contributed by atoms with Gasteiger partial charge in [0.15, 0.2) is 0 Å². The van der Waals surface area contributed by atoms with E-state index < -0.39 is 36.7 Å². The highest BCUT2D eigenvalue weighted by molar-refractivity contribution is 6.31. The minimum absolute atomic E-state index is 0. The summed E-state index contributed by atoms with van der Waals surface area (Å²) in [4.78, 5) is 14.0. The van der Waals surface area contributed by atoms with Crippen LogP contribution < -0.4 is 15.5 Å². The first-order valence-corrected chi connectivity index (χ1v) is 7.83. The van der Waals surface area contributed by atoms with Crippen molar-refractivity contribution in [1.82, 2.24) is 10.6 Å². The molecule has 1 aromatic carbocycles. The number of halogens is 5. The first kappa shape index (κ1) is 19.1. The zero-order valence-corrected chi connectivity index (χ0v) is 14.3. The maximum absolute atomic E-state index is 13.2. The van der Waals surface area contributed by atoms with Gasteiger partial charge in [0, 0.05) is 31.2 Å². The van der Waals surface area contributed by atoms with Crippen LogP contribution in [0.25, 0.3) is 0 Å². The highest BCUT2D eigenvalue weighted by Crippen LogP contribution is 2.27. The van der Waals surface area contributed by atoms with Crippen molar-refractivity contribution in [3.63, 3.8) is 0 Å². The zero-order chi connectivity index (χ0) is 16.6. The van der Waals surface area contributed by atoms with Crippen LogP contribution >= 0.6 is 24.0 Å². The molecule has 9 heteroatoms. The molecular weight excluding hydrogens is 366 g/mol. The predicted octanol–water partition coefficient (Wildman–Crippen LogP) is 2.59. The second-order valence-electron chi connectivity index (χ2n) is 6.03. The van der Waals surface area contributed by atoms with Crippen LogP contribution in [0.2, 0.25) is 5.02 Å². The Bertz CT molecular complexity index is 618. The molecule has 3 rings (SSSR count). The van der Waals surface area contributed by atoms with E-state index in [1.54, 1.807) is 12.1 Å². The van der Waals surface area contributed by atoms with Crippen molar-refractivity contribution < 1.29 is 18.0 Å². The van der Waals surface area contributed by atoms with Gasteiger partial charge in [-0.2, -0.15) is 0 Å². The first-order chi connectivity index (χ1) is 10.8. The van der Waals surface area contributed by atoms with Gasteiger partial charge in [-0.3, -0.25) is 10.1 Å². The van der Waals surface area contributed by atoms with E-state index in [1.165, 1.54) is 6.07 Å². The third-order valence-electron chi connectivity index (χ3n) is 4.23. The van der Waals surface area contributed by atoms with Crippen molar-refractivity contribution in [2.24, 2.45) is 0 Å². The quantitative estimate of drug-likeness (QED) is 0.842. The number of nitrogens with one attached hydrogen (secondary N) is 2. The van der Waals surface area contributed by atoms with Crippen LogP contribution in [0.5, 0.6) is 0 Å². The summed E-state index contributed by atoms with van der Waals surface area (Å²) in [5.41, 5.74) is 0.777. The van der Waals surface area contributed by atoms with Gasteiger partial charge in [-0.05, 0) is 24.6 Å². The van der Waals surface area contributed by atoms with E-state index >= 15 is 0 Å². The summed E-state index contributed by atoms with van der Waals surface area (Å²) in [5.74, 6) is -3.70. The molecule has 2 aliphatic rings. The standard InChI is InChI=1S/C15H17ClF3N3O.ClH/c16-11-5-10(1-2-12(11)17)22-4-3-9(7-22)21-14(23)13-6-15(18,19)8-20-13;/h1-2,5,9,13,20H,3-4,6-8H2,(H,21,23);1H. The molecule has 134 valence electrons. The molecule has 0 saturated carbocycles. The van der Waals surface area contributed by atoms with Gasteiger partial charge in [0.2, 0.25) is 5.91 Å². The van der Waals surface area contributed by atoms with Crippen LogP contribution in [-0.4, -0.2) is 43.5 Å². The highest BCUT2D eigenvalue weighted by atomic mass is 35.5. The number of benzene rings is 1. The van der Waals surface area contributed by atoms with Crippen molar-refractivity contribution >= 4 is 35.6 Å². The molecule has 2 fully saturated rings. The average molecular weight is 384 g/mol. The molecule has 2 saturated heterocycles. The summed E-state index contributed by atoms with van der Waals surface area (Å²) in [6.45, 7) is 0.758. The molecule has 2 N–H and O–H groups in total. The van der Waals surface area contributed by atoms with Gasteiger partial charge in [-0.25, -0.2) is 13.2 Å². The van der Waals surface area contributed by atoms with Crippen LogP contribution in [0.3, 0.4) is 0 Å². The number of carbonyl (C=O) groups is 1. The summed E-state index contributed by atoms with van der Waals surface area (Å²) in [5, 5.41) is 5.39. The first-order valence-electron chi connectivity index (χ1n) is 7.46. The normalized spacial score (nSPS) is 25.4. The van der Waals surface area contributed by atoms with E-state index in [2.05, 4.69) is 10.6 Å². The maximum atomic E-state index is 13.2. The van der Waals surface area contributed by atoms with Crippen LogP contribution in [0, 0.1) is 5.82 Å². The van der Waals surface area contributed by atoms with Gasteiger partial charge in [0.05, 0.1) is 17.6 Å². The lowest BCUT2D eigenvalue weighted by Crippen LogP contribution is -2.46. The number of hydrogen-bond acceptors (Lipinski definition) is 3. The Morgan fingerprint density at radius 1 is 1.42 bits per heavy atom. The monoisotopic (exact) mass is 383 g/mol. The maximum Gasteiger partial charge on any atom is 0.262 e. The Morgan fingerprint density at radius 3 is 2.79 bits per heavy atom. The van der Waals surface area contributed by atoms with E-state index in [4.69, 9.17) is 11.6 Å². The number of alkyl halides is 2. The third-order valence-corrected chi connectivity index (χ3v) is 4.52. The van der Waals surface area contributed by atoms with Crippen molar-refractivity contribution in [3.8, 4) is 0 Å². The summed E-state index contributed by atoms with van der Waals surface area (Å²) in [7, 11) is 0. The van der Waals surface area contributed by atoms with Gasteiger partial charge in [-0.1, -0.05) is 11.6 Å². The number of rotatable bonds is 3. The Hall–Kier alpha value is -1.18. The van der Waals surface area contributed by atoms with Crippen molar-refractivity contribution in [1.29, 1.82) is 0 Å². The van der Waals surface area contributed by atoms with E-state index in [9.17, 15) is 18.0 Å². The molecule has 0 spiro atoms. The SMILES string of the molecule is Cl.O=C(NC1CCN(c2ccc(F)c(Cl)c2)C1)C1CC(F)(F)CN1. The molecule has 2 heterocycles. The lowest BCUT2D eigenvalue weighted by Gasteiger charge is -2.20. The van der Waals surface area contributed by atoms with E-state index in [1.807, 2.05) is 4.90 Å². The van der Waals surface area contributed by atoms with Crippen LogP contribution in [0.15, 0.2) is 18.2 Å². The largest absolute Gasteiger partial charge is 0.369 e. The Labute approximate surface area is 149 Å². The van der Waals surface area contributed by atoms with E-state index in [0.29, 0.717) is 19.5 Å². The molecule has 2 unspecified atom stereocenters. The summed E-state index contributed by atoms with van der Waals surface area (Å²) >= 11 is 5.78. The molecule has 2 atom stereocenters. The topological polar surface area (TPSA) is 44.4 Å². The number of nitrogens with zero attached hydrogens (tertiary/aromatic N) is 1. The van der Waals surface area contributed by atoms with Crippen molar-refractivity contribution in [3.05, 3.63) is 29.0 Å². The van der Waals surface area contributed by atoms with E-state index in [0.717, 1.165) is 5.69 Å². The second-order valence-corrected chi connectivity index (χ2v) is 6.44. The third kappa shape index (κ3) is 4.26. The van der Waals surface area contributed by atoms with Gasteiger partial charge >= 0.3 is 0 Å². The molecule has 2 aliphatic heterocycles. The molecule has 4 nitrogen and oxygen atoms in total. The molecule has 1 aromatic rings. The zero-order valence-electron chi connectivity index (χ0n) is 12.7. The predicted molar refractivity (Wildman–Crippen MR) is 88.8 cm³/mol. The Morgan fingerprint density at radius 2 is 2.17 bits per heavy atom. The van der Waals surface area contributed by atoms with Crippen LogP contribution in [0.4, 0.5) is 18.9 Å². The van der Waals surface area contributed by atoms with Crippen LogP contribution in [-0.2, 0) is 4.79 Å². The Balaban J connectivity index is 0.00000208. The molecule has 24 heavy (non-hydrogen) atoms. The minimum Gasteiger partial charge on any atom is -0.369 e. The Kier molecular flexibility index (Phi) is 5.88. The van der Waals surface area contributed by atoms with Crippen molar-refractivity contribution in [2.45, 2.75) is 30.8 Å². The molecule has 0 bridgehead atoms. The molecule has 0 radical (unpaired) electrons. The van der Waals surface area contributed by atoms with Crippen molar-refractivity contribution in [2.75, 3.05) is 24.5 Å². The summed E-state index contributed by atoms with van der Waals surface area (Å²) < 4.78 is 39.5. The molecule has 1 amide bonds. The fourth-order valence-electron chi connectivity index (χ4n) is 3.00. The fourth-order valence-corrected chi connectivity index (χ4v) is 3.17. The number of carbonyl (C=O) groups excluding carboxylic acids is 1. The smallest absolute Gasteiger partial charge is 0.262 e. The summed E-state index contributed by atoms with van der Waals surface area (Å²) in [6.07, 6.45) is 0.229. The van der Waals surface area contributed by atoms with Gasteiger partial charge < -0.3 is 10.2 Å². The van der Waals surface area contributed by atoms with Gasteiger partial charge in [0.1, 0.15) is 5.82 Å². The van der Waals surface area contributed by atoms with E-state index in [-0.39, 0.29) is 23.5 Å². The summed E-state index contributed by atoms with van der Waals surface area (Å²) in [6, 6.07) is 3.50. The van der Waals surface area contributed by atoms with Gasteiger partial charge in [-0.15, -0.1) is 12.4 Å². The molecular formula is C15H18Cl2F3N3O. The van der Waals surface area contributed by atoms with Gasteiger partial charge in [0.25, 0.3) is 5.92 Å². The number of anilines is 1. The second kappa shape index (κ2) is 7.37. The lowest BCUT2D eigenvalue weighted by atomic mass is 10.1. The lowest BCUT2D eigenvalue weighted by molar-refractivity contribution is -0.124. The average Bonchev–Trinajstić information content (AvgIpc) is 3.08. The van der Waals surface area contributed by atoms with Crippen LogP contribution in [0.1, 0.15) is 12.8 Å². The minimum atomic E-state index is -2.82. The molecule has 0 aliphatic carbocycles. The molecule has 0 aromatic heterocycles. The number of hydrogen-bond donors (Lipinski definition) is 2. The fraction of sp³-hybridized carbons (Fsp3) is 0.533.